The molecule has 0 aliphatic heterocycles. The van der Waals surface area contributed by atoms with Gasteiger partial charge in [0.05, 0.1) is 35.1 Å². The quantitative estimate of drug-likeness (QED) is 0.760. The maximum Gasteiger partial charge on any atom is 0.252 e. The minimum atomic E-state index is -0.843. The third kappa shape index (κ3) is 2.95. The van der Waals surface area contributed by atoms with E-state index in [1.54, 1.807) is 29.2 Å². The first-order chi connectivity index (χ1) is 10.7. The fraction of sp³-hybridized carbons (Fsp3) is 0.312. The number of carbonyl (C=O) groups excluding carboxylic acids is 1. The average molecular weight is 313 g/mol. The molecule has 7 heteroatoms. The number of primary amides is 1. The van der Waals surface area contributed by atoms with Gasteiger partial charge in [0, 0.05) is 18.0 Å². The van der Waals surface area contributed by atoms with Crippen molar-refractivity contribution in [2.75, 3.05) is 0 Å². The number of hydrogen-bond acceptors (Lipinski definition) is 4. The second-order valence-corrected chi connectivity index (χ2v) is 6.31. The molecule has 7 nitrogen and oxygen atoms in total. The van der Waals surface area contributed by atoms with Gasteiger partial charge in [0.2, 0.25) is 0 Å². The number of aryl methyl sites for hydroxylation is 1. The van der Waals surface area contributed by atoms with E-state index in [9.17, 15) is 9.90 Å². The lowest BCUT2D eigenvalue weighted by Gasteiger charge is -2.16. The van der Waals surface area contributed by atoms with Gasteiger partial charge in [0.25, 0.3) is 5.91 Å². The van der Waals surface area contributed by atoms with E-state index < -0.39 is 11.5 Å². The van der Waals surface area contributed by atoms with E-state index in [1.807, 2.05) is 25.3 Å². The molecule has 0 aliphatic rings. The van der Waals surface area contributed by atoms with Crippen LogP contribution in [0.3, 0.4) is 0 Å². The Morgan fingerprint density at radius 2 is 2.17 bits per heavy atom. The van der Waals surface area contributed by atoms with Crippen molar-refractivity contribution in [1.29, 1.82) is 0 Å². The monoisotopic (exact) mass is 313 g/mol. The number of rotatable bonds is 4. The van der Waals surface area contributed by atoms with E-state index in [1.165, 1.54) is 6.20 Å². The van der Waals surface area contributed by atoms with Crippen LogP contribution in [0.2, 0.25) is 0 Å². The van der Waals surface area contributed by atoms with Gasteiger partial charge in [0.1, 0.15) is 0 Å². The molecule has 0 saturated carbocycles. The highest BCUT2D eigenvalue weighted by atomic mass is 16.3. The zero-order chi connectivity index (χ0) is 16.8. The largest absolute Gasteiger partial charge is 0.389 e. The highest BCUT2D eigenvalue weighted by Gasteiger charge is 2.17. The van der Waals surface area contributed by atoms with Crippen molar-refractivity contribution < 1.29 is 9.90 Å². The van der Waals surface area contributed by atoms with Crippen molar-refractivity contribution in [3.63, 3.8) is 0 Å². The Morgan fingerprint density at radius 3 is 2.83 bits per heavy atom. The second kappa shape index (κ2) is 5.20. The molecule has 120 valence electrons. The summed E-state index contributed by atoms with van der Waals surface area (Å²) in [6.45, 7) is 5.78. The zero-order valence-corrected chi connectivity index (χ0v) is 13.3. The minimum absolute atomic E-state index is 0.383. The zero-order valence-electron chi connectivity index (χ0n) is 13.3. The molecule has 3 aromatic rings. The number of aliphatic hydroxyl groups is 1. The number of fused-ring (bicyclic) bond motifs is 1. The molecule has 0 unspecified atom stereocenters. The normalized spacial score (nSPS) is 12.0. The van der Waals surface area contributed by atoms with Crippen LogP contribution in [0.25, 0.3) is 16.6 Å². The van der Waals surface area contributed by atoms with Gasteiger partial charge in [-0.1, -0.05) is 0 Å². The Balaban J connectivity index is 2.06. The van der Waals surface area contributed by atoms with Crippen LogP contribution in [0.1, 0.15) is 29.9 Å². The van der Waals surface area contributed by atoms with Gasteiger partial charge in [-0.25, -0.2) is 4.52 Å². The molecule has 1 amide bonds. The molecule has 23 heavy (non-hydrogen) atoms. The Kier molecular flexibility index (Phi) is 3.45. The number of nitrogens with zero attached hydrogens (tertiary/aromatic N) is 4. The predicted octanol–water partition coefficient (Wildman–Crippen LogP) is 1.38. The molecule has 0 aromatic carbocycles. The van der Waals surface area contributed by atoms with E-state index >= 15 is 0 Å². The van der Waals surface area contributed by atoms with E-state index in [0.717, 1.165) is 16.8 Å². The molecular formula is C16H19N5O2. The maximum absolute atomic E-state index is 11.5. The van der Waals surface area contributed by atoms with Gasteiger partial charge in [0.15, 0.2) is 0 Å². The SMILES string of the molecule is Cc1nn(CC(C)(C)O)cc1-c1ccn2ncc(C(N)=O)c2c1. The summed E-state index contributed by atoms with van der Waals surface area (Å²) in [6.07, 6.45) is 5.13. The van der Waals surface area contributed by atoms with E-state index in [4.69, 9.17) is 5.73 Å². The Morgan fingerprint density at radius 1 is 1.43 bits per heavy atom. The second-order valence-electron chi connectivity index (χ2n) is 6.31. The Bertz CT molecular complexity index is 886. The topological polar surface area (TPSA) is 98.4 Å². The lowest BCUT2D eigenvalue weighted by Crippen LogP contribution is -2.26. The summed E-state index contributed by atoms with van der Waals surface area (Å²) < 4.78 is 3.33. The molecule has 0 bridgehead atoms. The molecule has 0 fully saturated rings. The van der Waals surface area contributed by atoms with Crippen LogP contribution >= 0.6 is 0 Å². The molecule has 0 saturated heterocycles. The van der Waals surface area contributed by atoms with E-state index in [2.05, 4.69) is 10.2 Å². The average Bonchev–Trinajstić information content (AvgIpc) is 2.99. The first kappa shape index (κ1) is 15.2. The predicted molar refractivity (Wildman–Crippen MR) is 86.0 cm³/mol. The highest BCUT2D eigenvalue weighted by Crippen LogP contribution is 2.25. The first-order valence-electron chi connectivity index (χ1n) is 7.28. The number of amides is 1. The van der Waals surface area contributed by atoms with Gasteiger partial charge in [-0.05, 0) is 38.5 Å². The van der Waals surface area contributed by atoms with Gasteiger partial charge in [-0.3, -0.25) is 9.48 Å². The third-order valence-electron chi connectivity index (χ3n) is 3.59. The van der Waals surface area contributed by atoms with Crippen LogP contribution in [0, 0.1) is 6.92 Å². The third-order valence-corrected chi connectivity index (χ3v) is 3.59. The summed E-state index contributed by atoms with van der Waals surface area (Å²) in [7, 11) is 0. The summed E-state index contributed by atoms with van der Waals surface area (Å²) in [5, 5.41) is 18.5. The van der Waals surface area contributed by atoms with Crippen molar-refractivity contribution in [2.24, 2.45) is 5.73 Å². The van der Waals surface area contributed by atoms with Crippen molar-refractivity contribution in [1.82, 2.24) is 19.4 Å². The van der Waals surface area contributed by atoms with E-state index in [-0.39, 0.29) is 0 Å². The number of pyridine rings is 1. The Hall–Kier alpha value is -2.67. The standard InChI is InChI=1S/C16H19N5O2/c1-10-13(8-20(19-10)9-16(2,3)23)11-4-5-21-14(6-11)12(7-18-21)15(17)22/h4-8,23H,9H2,1-3H3,(H2,17,22). The van der Waals surface area contributed by atoms with Crippen molar-refractivity contribution in [3.05, 3.63) is 42.0 Å². The number of hydrogen-bond donors (Lipinski definition) is 2. The fourth-order valence-electron chi connectivity index (χ4n) is 2.62. The van der Waals surface area contributed by atoms with Crippen LogP contribution in [0.4, 0.5) is 0 Å². The molecular weight excluding hydrogens is 294 g/mol. The van der Waals surface area contributed by atoms with Crippen LogP contribution in [-0.4, -0.2) is 36.0 Å². The smallest absolute Gasteiger partial charge is 0.252 e. The summed E-state index contributed by atoms with van der Waals surface area (Å²) in [6, 6.07) is 3.77. The van der Waals surface area contributed by atoms with Crippen molar-refractivity contribution in [3.8, 4) is 11.1 Å². The molecule has 3 heterocycles. The maximum atomic E-state index is 11.5. The number of nitrogens with two attached hydrogens (primary N) is 1. The van der Waals surface area contributed by atoms with Crippen LogP contribution in [-0.2, 0) is 6.54 Å². The highest BCUT2D eigenvalue weighted by molar-refractivity contribution is 6.00. The summed E-state index contributed by atoms with van der Waals surface area (Å²) in [5.41, 5.74) is 8.28. The van der Waals surface area contributed by atoms with E-state index in [0.29, 0.717) is 17.6 Å². The van der Waals surface area contributed by atoms with Crippen LogP contribution in [0.5, 0.6) is 0 Å². The van der Waals surface area contributed by atoms with Crippen molar-refractivity contribution >= 4 is 11.4 Å². The van der Waals surface area contributed by atoms with Crippen LogP contribution < -0.4 is 5.73 Å². The first-order valence-corrected chi connectivity index (χ1v) is 7.28. The molecule has 0 radical (unpaired) electrons. The minimum Gasteiger partial charge on any atom is -0.389 e. The summed E-state index contributed by atoms with van der Waals surface area (Å²) in [5.74, 6) is -0.508. The Labute approximate surface area is 133 Å². The number of aromatic nitrogens is 4. The molecule has 3 rings (SSSR count). The molecule has 3 N–H and O–H groups in total. The molecule has 0 atom stereocenters. The van der Waals surface area contributed by atoms with Gasteiger partial charge in [-0.15, -0.1) is 0 Å². The molecule has 0 spiro atoms. The van der Waals surface area contributed by atoms with Crippen molar-refractivity contribution in [2.45, 2.75) is 32.9 Å². The van der Waals surface area contributed by atoms with Gasteiger partial charge < -0.3 is 10.8 Å². The fourth-order valence-corrected chi connectivity index (χ4v) is 2.62. The van der Waals surface area contributed by atoms with Crippen LogP contribution in [0.15, 0.2) is 30.7 Å². The molecule has 3 aromatic heterocycles. The summed E-state index contributed by atoms with van der Waals surface area (Å²) in [4.78, 5) is 11.5. The van der Waals surface area contributed by atoms with Gasteiger partial charge in [-0.2, -0.15) is 10.2 Å². The lowest BCUT2D eigenvalue weighted by molar-refractivity contribution is 0.0577. The summed E-state index contributed by atoms with van der Waals surface area (Å²) >= 11 is 0. The van der Waals surface area contributed by atoms with Gasteiger partial charge >= 0.3 is 0 Å². The lowest BCUT2D eigenvalue weighted by atomic mass is 10.1. The number of carbonyl (C=O) groups is 1. The molecule has 0 aliphatic carbocycles.